The quantitative estimate of drug-likeness (QED) is 0.654. The first-order valence-corrected chi connectivity index (χ1v) is 8.62. The van der Waals surface area contributed by atoms with E-state index in [4.69, 9.17) is 4.74 Å². The number of rotatable bonds is 6. The van der Waals surface area contributed by atoms with E-state index >= 15 is 0 Å². The molecule has 27 heavy (non-hydrogen) atoms. The van der Waals surface area contributed by atoms with Crippen molar-refractivity contribution < 1.29 is 14.3 Å². The molecule has 7 nitrogen and oxygen atoms in total. The second-order valence-corrected chi connectivity index (χ2v) is 5.98. The van der Waals surface area contributed by atoms with Gasteiger partial charge < -0.3 is 10.1 Å². The van der Waals surface area contributed by atoms with Crippen molar-refractivity contribution in [2.24, 2.45) is 0 Å². The number of H-pyrrole nitrogens is 1. The lowest BCUT2D eigenvalue weighted by atomic mass is 10.1. The molecule has 0 aliphatic rings. The number of hydrogen-bond acceptors (Lipinski definition) is 5. The van der Waals surface area contributed by atoms with Gasteiger partial charge in [0.15, 0.2) is 0 Å². The lowest BCUT2D eigenvalue weighted by Gasteiger charge is -2.08. The van der Waals surface area contributed by atoms with Crippen LogP contribution in [0.1, 0.15) is 29.4 Å². The minimum atomic E-state index is -0.390. The molecule has 0 bridgehead atoms. The first kappa shape index (κ1) is 18.3. The summed E-state index contributed by atoms with van der Waals surface area (Å²) in [6, 6.07) is 13.5. The molecule has 7 heteroatoms. The molecule has 0 saturated carbocycles. The molecule has 1 heterocycles. The van der Waals surface area contributed by atoms with Crippen LogP contribution in [0.15, 0.2) is 53.3 Å². The number of benzene rings is 2. The highest BCUT2D eigenvalue weighted by atomic mass is 16.5. The summed E-state index contributed by atoms with van der Waals surface area (Å²) in [5.74, 6) is -0.667. The lowest BCUT2D eigenvalue weighted by Crippen LogP contribution is -2.18. The van der Waals surface area contributed by atoms with Crippen LogP contribution in [-0.2, 0) is 16.0 Å². The van der Waals surface area contributed by atoms with E-state index < -0.39 is 5.97 Å². The molecule has 2 aromatic carbocycles. The van der Waals surface area contributed by atoms with Gasteiger partial charge in [0.2, 0.25) is 5.91 Å². The van der Waals surface area contributed by atoms with E-state index in [1.807, 2.05) is 6.92 Å². The Morgan fingerprint density at radius 2 is 1.78 bits per heavy atom. The second-order valence-electron chi connectivity index (χ2n) is 5.98. The van der Waals surface area contributed by atoms with Gasteiger partial charge in [-0.25, -0.2) is 9.89 Å². The molecule has 1 aromatic heterocycles. The van der Waals surface area contributed by atoms with Crippen molar-refractivity contribution in [1.29, 1.82) is 0 Å². The molecule has 3 rings (SSSR count). The van der Waals surface area contributed by atoms with Gasteiger partial charge in [0.1, 0.15) is 0 Å². The molecule has 2 N–H and O–H groups in total. The van der Waals surface area contributed by atoms with Crippen LogP contribution in [0, 0.1) is 0 Å². The van der Waals surface area contributed by atoms with Crippen LogP contribution in [0.4, 0.5) is 5.69 Å². The largest absolute Gasteiger partial charge is 0.462 e. The zero-order valence-electron chi connectivity index (χ0n) is 14.8. The Hall–Kier alpha value is -3.48. The maximum Gasteiger partial charge on any atom is 0.338 e. The van der Waals surface area contributed by atoms with Crippen molar-refractivity contribution in [3.05, 3.63) is 70.1 Å². The smallest absolute Gasteiger partial charge is 0.338 e. The van der Waals surface area contributed by atoms with Gasteiger partial charge in [-0.05, 0) is 36.8 Å². The van der Waals surface area contributed by atoms with E-state index in [1.165, 1.54) is 0 Å². The van der Waals surface area contributed by atoms with E-state index in [0.29, 0.717) is 34.3 Å². The van der Waals surface area contributed by atoms with E-state index in [9.17, 15) is 14.4 Å². The highest BCUT2D eigenvalue weighted by Crippen LogP contribution is 2.15. The van der Waals surface area contributed by atoms with Gasteiger partial charge in [-0.3, -0.25) is 9.59 Å². The number of hydrogen-bond donors (Lipinski definition) is 2. The maximum absolute atomic E-state index is 12.3. The van der Waals surface area contributed by atoms with Gasteiger partial charge in [0, 0.05) is 11.1 Å². The Kier molecular flexibility index (Phi) is 5.61. The van der Waals surface area contributed by atoms with Crippen molar-refractivity contribution in [1.82, 2.24) is 10.2 Å². The number of carbonyl (C=O) groups excluding carboxylic acids is 2. The molecular formula is C20H19N3O4. The van der Waals surface area contributed by atoms with Crippen molar-refractivity contribution in [3.63, 3.8) is 0 Å². The zero-order valence-corrected chi connectivity index (χ0v) is 14.8. The van der Waals surface area contributed by atoms with Gasteiger partial charge in [-0.2, -0.15) is 5.10 Å². The van der Waals surface area contributed by atoms with Crippen LogP contribution in [0.5, 0.6) is 0 Å². The van der Waals surface area contributed by atoms with E-state index in [2.05, 4.69) is 15.5 Å². The first-order valence-electron chi connectivity index (χ1n) is 8.62. The summed E-state index contributed by atoms with van der Waals surface area (Å²) < 4.78 is 5.06. The van der Waals surface area contributed by atoms with Gasteiger partial charge in [0.05, 0.1) is 29.7 Å². The number of aromatic amines is 1. The van der Waals surface area contributed by atoms with Crippen molar-refractivity contribution >= 4 is 28.3 Å². The van der Waals surface area contributed by atoms with Gasteiger partial charge >= 0.3 is 5.97 Å². The van der Waals surface area contributed by atoms with E-state index in [-0.39, 0.29) is 17.9 Å². The predicted octanol–water partition coefficient (Wildman–Crippen LogP) is 2.67. The molecule has 0 aliphatic carbocycles. The lowest BCUT2D eigenvalue weighted by molar-refractivity contribution is -0.115. The average molecular weight is 365 g/mol. The fraction of sp³-hybridized carbons (Fsp3) is 0.200. The summed E-state index contributed by atoms with van der Waals surface area (Å²) in [6.45, 7) is 2.30. The molecule has 0 fully saturated rings. The number of anilines is 1. The Bertz CT molecular complexity index is 1030. The first-order chi connectivity index (χ1) is 13.1. The summed E-state index contributed by atoms with van der Waals surface area (Å²) in [4.78, 5) is 35.9. The highest BCUT2D eigenvalue weighted by Gasteiger charge is 2.12. The number of ether oxygens (including phenoxy) is 1. The molecule has 1 amide bonds. The molecule has 0 aliphatic heterocycles. The van der Waals surface area contributed by atoms with Gasteiger partial charge in [-0.15, -0.1) is 0 Å². The third kappa shape index (κ3) is 4.38. The summed E-state index contributed by atoms with van der Waals surface area (Å²) in [5.41, 5.74) is 1.18. The molecule has 0 radical (unpaired) electrons. The minimum Gasteiger partial charge on any atom is -0.462 e. The van der Waals surface area contributed by atoms with Gasteiger partial charge in [-0.1, -0.05) is 25.1 Å². The number of fused-ring (bicyclic) bond motifs is 1. The Morgan fingerprint density at radius 1 is 1.07 bits per heavy atom. The standard InChI is InChI=1S/C20H19N3O4/c1-2-11-27-20(26)13-7-9-14(10-8-13)21-18(24)12-17-15-5-3-4-6-16(15)19(25)23-22-17/h3-10H,2,11-12H2,1H3,(H,21,24)(H,23,25). The average Bonchev–Trinajstić information content (AvgIpc) is 2.69. The van der Waals surface area contributed by atoms with Crippen LogP contribution < -0.4 is 10.9 Å². The highest BCUT2D eigenvalue weighted by molar-refractivity contribution is 5.96. The summed E-state index contributed by atoms with van der Waals surface area (Å²) in [7, 11) is 0. The van der Waals surface area contributed by atoms with E-state index in [1.54, 1.807) is 48.5 Å². The number of carbonyl (C=O) groups is 2. The fourth-order valence-electron chi connectivity index (χ4n) is 2.63. The second kappa shape index (κ2) is 8.27. The SMILES string of the molecule is CCCOC(=O)c1ccc(NC(=O)Cc2n[nH]c(=O)c3ccccc23)cc1. The molecule has 0 unspecified atom stereocenters. The number of nitrogens with one attached hydrogen (secondary N) is 2. The van der Waals surface area contributed by atoms with Crippen LogP contribution in [0.25, 0.3) is 10.8 Å². The monoisotopic (exact) mass is 365 g/mol. The molecule has 0 atom stereocenters. The molecule has 138 valence electrons. The molecule has 0 saturated heterocycles. The predicted molar refractivity (Wildman–Crippen MR) is 102 cm³/mol. The Morgan fingerprint density at radius 3 is 2.48 bits per heavy atom. The summed E-state index contributed by atoms with van der Waals surface area (Å²) in [5, 5.41) is 10.3. The van der Waals surface area contributed by atoms with Crippen LogP contribution >= 0.6 is 0 Å². The fourth-order valence-corrected chi connectivity index (χ4v) is 2.63. The Balaban J connectivity index is 1.69. The van der Waals surface area contributed by atoms with Crippen LogP contribution in [0.3, 0.4) is 0 Å². The van der Waals surface area contributed by atoms with Crippen LogP contribution in [0.2, 0.25) is 0 Å². The van der Waals surface area contributed by atoms with Crippen molar-refractivity contribution in [2.75, 3.05) is 11.9 Å². The van der Waals surface area contributed by atoms with Crippen molar-refractivity contribution in [2.45, 2.75) is 19.8 Å². The zero-order chi connectivity index (χ0) is 19.2. The molecule has 0 spiro atoms. The minimum absolute atomic E-state index is 0.0115. The van der Waals surface area contributed by atoms with Crippen LogP contribution in [-0.4, -0.2) is 28.7 Å². The van der Waals surface area contributed by atoms with Crippen molar-refractivity contribution in [3.8, 4) is 0 Å². The molecule has 3 aromatic rings. The number of aromatic nitrogens is 2. The third-order valence-corrected chi connectivity index (χ3v) is 3.94. The van der Waals surface area contributed by atoms with E-state index in [0.717, 1.165) is 6.42 Å². The Labute approximate surface area is 155 Å². The normalized spacial score (nSPS) is 10.6. The molecular weight excluding hydrogens is 346 g/mol. The topological polar surface area (TPSA) is 101 Å². The maximum atomic E-state index is 12.3. The number of esters is 1. The summed E-state index contributed by atoms with van der Waals surface area (Å²) >= 11 is 0. The number of nitrogens with zero attached hydrogens (tertiary/aromatic N) is 1. The summed E-state index contributed by atoms with van der Waals surface area (Å²) in [6.07, 6.45) is 0.769. The third-order valence-electron chi connectivity index (χ3n) is 3.94. The van der Waals surface area contributed by atoms with Gasteiger partial charge in [0.25, 0.3) is 5.56 Å². The number of amides is 1.